The minimum absolute atomic E-state index is 0.0751. The molecule has 1 aromatic heterocycles. The molecule has 2 aromatic carbocycles. The molecule has 3 aliphatic heterocycles. The van der Waals surface area contributed by atoms with Crippen molar-refractivity contribution in [2.75, 3.05) is 26.7 Å². The Hall–Kier alpha value is -4.88. The molecule has 3 aliphatic rings. The molecule has 0 unspecified atom stereocenters. The highest BCUT2D eigenvalue weighted by Gasteiger charge is 2.75. The van der Waals surface area contributed by atoms with E-state index in [0.29, 0.717) is 44.2 Å². The minimum atomic E-state index is -1.23. The molecule has 288 valence electrons. The van der Waals surface area contributed by atoms with Crippen LogP contribution in [0.5, 0.6) is 0 Å². The largest absolute Gasteiger partial charge is 0.455 e. The average molecular weight is 741 g/mol. The number of para-hydroxylation sites is 1. The standard InChI is InChI=1S/C41H52N6O7/c1-5-7-21-33(49)44(4)28(3)36(29-17-11-10-12-18-29)53-40(52)34-32-22-23-41(54-32)35(34)38(50)46(25-15-8-9-16-26-48)37(41)39(51)45(24-6-2)27-47-31-20-14-13-19-30(31)42-43-47/h5-6,10-14,17-20,28,32,34-37,48H,1-2,7-9,15-16,21-27H2,3-4H3/t28-,32-,34+,35+,36+,37-,41+/m0/s1. The van der Waals surface area contributed by atoms with Crippen LogP contribution in [-0.4, -0.2) is 109 Å². The lowest BCUT2D eigenvalue weighted by Gasteiger charge is -2.37. The van der Waals surface area contributed by atoms with Crippen LogP contribution in [0.4, 0.5) is 0 Å². The van der Waals surface area contributed by atoms with Gasteiger partial charge in [-0.2, -0.15) is 0 Å². The first-order valence-corrected chi connectivity index (χ1v) is 19.1. The number of hydrogen-bond donors (Lipinski definition) is 1. The van der Waals surface area contributed by atoms with E-state index in [2.05, 4.69) is 23.5 Å². The van der Waals surface area contributed by atoms with Gasteiger partial charge in [-0.3, -0.25) is 19.2 Å². The molecule has 6 rings (SSSR count). The molecule has 0 aliphatic carbocycles. The van der Waals surface area contributed by atoms with Crippen LogP contribution in [0.15, 0.2) is 79.9 Å². The number of aromatic nitrogens is 3. The lowest BCUT2D eigenvalue weighted by atomic mass is 9.70. The number of hydrogen-bond acceptors (Lipinski definition) is 9. The SMILES string of the molecule is C=CCCC(=O)N(C)[C@@H](C)[C@@H](OC(=O)[C@@H]1[C@@H]2CC[C@]3(O2)[C@H](C(=O)N(CC=C)Cn2nnc4ccccc42)N(CCCCCCO)C(=O)[C@@H]13)c1ccccc1. The predicted octanol–water partition coefficient (Wildman–Crippen LogP) is 4.43. The Morgan fingerprint density at radius 3 is 2.56 bits per heavy atom. The Morgan fingerprint density at radius 2 is 1.81 bits per heavy atom. The Labute approximate surface area is 316 Å². The number of carbonyl (C=O) groups is 4. The van der Waals surface area contributed by atoms with Crippen LogP contribution >= 0.6 is 0 Å². The third kappa shape index (κ3) is 7.43. The summed E-state index contributed by atoms with van der Waals surface area (Å²) in [6, 6.07) is 15.3. The quantitative estimate of drug-likeness (QED) is 0.107. The highest BCUT2D eigenvalue weighted by Crippen LogP contribution is 2.59. The number of likely N-dealkylation sites (tertiary alicyclic amines) is 1. The van der Waals surface area contributed by atoms with Crippen LogP contribution in [0.25, 0.3) is 11.0 Å². The molecule has 0 saturated carbocycles. The highest BCUT2D eigenvalue weighted by molar-refractivity contribution is 5.98. The predicted molar refractivity (Wildman–Crippen MR) is 201 cm³/mol. The summed E-state index contributed by atoms with van der Waals surface area (Å²) in [7, 11) is 1.70. The minimum Gasteiger partial charge on any atom is -0.455 e. The summed E-state index contributed by atoms with van der Waals surface area (Å²) in [4.78, 5) is 62.0. The molecule has 3 saturated heterocycles. The van der Waals surface area contributed by atoms with Gasteiger partial charge in [0.1, 0.15) is 29.9 Å². The summed E-state index contributed by atoms with van der Waals surface area (Å²) in [5, 5.41) is 17.9. The normalized spacial score (nSPS) is 23.9. The summed E-state index contributed by atoms with van der Waals surface area (Å²) in [5.41, 5.74) is 0.937. The van der Waals surface area contributed by atoms with E-state index in [1.165, 1.54) is 0 Å². The number of amides is 3. The van der Waals surface area contributed by atoms with Crippen molar-refractivity contribution in [3.63, 3.8) is 0 Å². The van der Waals surface area contributed by atoms with Crippen molar-refractivity contribution < 1.29 is 33.8 Å². The lowest BCUT2D eigenvalue weighted by molar-refractivity contribution is -0.164. The van der Waals surface area contributed by atoms with Crippen molar-refractivity contribution in [3.8, 4) is 0 Å². The number of allylic oxidation sites excluding steroid dienone is 1. The number of benzene rings is 2. The molecule has 54 heavy (non-hydrogen) atoms. The number of aliphatic hydroxyl groups excluding tert-OH is 1. The second-order valence-corrected chi connectivity index (χ2v) is 14.6. The van der Waals surface area contributed by atoms with Crippen LogP contribution in [0, 0.1) is 11.8 Å². The van der Waals surface area contributed by atoms with Gasteiger partial charge in [-0.1, -0.05) is 72.7 Å². The number of ether oxygens (including phenoxy) is 2. The van der Waals surface area contributed by atoms with Crippen LogP contribution in [0.1, 0.15) is 70.0 Å². The molecule has 0 radical (unpaired) electrons. The summed E-state index contributed by atoms with van der Waals surface area (Å²) in [5.74, 6) is -3.16. The Kier molecular flexibility index (Phi) is 12.3. The molecule has 13 nitrogen and oxygen atoms in total. The van der Waals surface area contributed by atoms with E-state index in [-0.39, 0.29) is 44.0 Å². The Morgan fingerprint density at radius 1 is 1.07 bits per heavy atom. The number of carbonyl (C=O) groups excluding carboxylic acids is 4. The van der Waals surface area contributed by atoms with Gasteiger partial charge >= 0.3 is 5.97 Å². The fourth-order valence-electron chi connectivity index (χ4n) is 8.54. The average Bonchev–Trinajstić information content (AvgIpc) is 3.94. The first kappa shape index (κ1) is 38.8. The molecular formula is C41H52N6O7. The van der Waals surface area contributed by atoms with Crippen LogP contribution in [0.3, 0.4) is 0 Å². The zero-order chi connectivity index (χ0) is 38.4. The number of likely N-dealkylation sites (N-methyl/N-ethyl adjacent to an activating group) is 1. The van der Waals surface area contributed by atoms with Crippen molar-refractivity contribution in [2.45, 2.75) is 94.9 Å². The Balaban J connectivity index is 1.31. The number of aliphatic hydroxyl groups is 1. The van der Waals surface area contributed by atoms with Gasteiger partial charge in [-0.05, 0) is 56.7 Å². The zero-order valence-electron chi connectivity index (χ0n) is 31.3. The fraction of sp³-hybridized carbons (Fsp3) is 0.512. The van der Waals surface area contributed by atoms with E-state index < -0.39 is 47.7 Å². The first-order valence-electron chi connectivity index (χ1n) is 19.1. The van der Waals surface area contributed by atoms with Crippen LogP contribution < -0.4 is 0 Å². The third-order valence-corrected chi connectivity index (χ3v) is 11.4. The second kappa shape index (κ2) is 17.1. The van der Waals surface area contributed by atoms with E-state index in [1.807, 2.05) is 61.5 Å². The number of esters is 1. The topological polar surface area (TPSA) is 147 Å². The number of fused-ring (bicyclic) bond motifs is 2. The van der Waals surface area contributed by atoms with E-state index in [1.54, 1.807) is 38.6 Å². The number of nitrogens with zero attached hydrogens (tertiary/aromatic N) is 6. The molecule has 1 spiro atoms. The van der Waals surface area contributed by atoms with E-state index in [0.717, 1.165) is 23.9 Å². The number of rotatable bonds is 19. The van der Waals surface area contributed by atoms with E-state index >= 15 is 0 Å². The molecule has 13 heteroatoms. The number of unbranched alkanes of at least 4 members (excludes halogenated alkanes) is 3. The van der Waals surface area contributed by atoms with Crippen molar-refractivity contribution in [1.29, 1.82) is 0 Å². The molecule has 2 bridgehead atoms. The van der Waals surface area contributed by atoms with Crippen molar-refractivity contribution in [2.24, 2.45) is 11.8 Å². The third-order valence-electron chi connectivity index (χ3n) is 11.4. The molecular weight excluding hydrogens is 688 g/mol. The highest BCUT2D eigenvalue weighted by atomic mass is 16.6. The maximum atomic E-state index is 14.9. The molecule has 3 amide bonds. The zero-order valence-corrected chi connectivity index (χ0v) is 31.3. The summed E-state index contributed by atoms with van der Waals surface area (Å²) in [6.07, 6.45) is 6.43. The van der Waals surface area contributed by atoms with Crippen molar-refractivity contribution in [1.82, 2.24) is 29.7 Å². The monoisotopic (exact) mass is 740 g/mol. The van der Waals surface area contributed by atoms with Gasteiger partial charge in [0.05, 0.1) is 29.5 Å². The van der Waals surface area contributed by atoms with Crippen LogP contribution in [0.2, 0.25) is 0 Å². The van der Waals surface area contributed by atoms with E-state index in [4.69, 9.17) is 9.47 Å². The molecule has 3 fully saturated rings. The lowest BCUT2D eigenvalue weighted by Crippen LogP contribution is -2.56. The molecule has 1 N–H and O–H groups in total. The Bertz CT molecular complexity index is 1830. The maximum Gasteiger partial charge on any atom is 0.313 e. The summed E-state index contributed by atoms with van der Waals surface area (Å²) in [6.45, 7) is 10.1. The summed E-state index contributed by atoms with van der Waals surface area (Å²) >= 11 is 0. The first-order chi connectivity index (χ1) is 26.2. The van der Waals surface area contributed by atoms with Gasteiger partial charge in [0.15, 0.2) is 0 Å². The maximum absolute atomic E-state index is 14.9. The fourth-order valence-corrected chi connectivity index (χ4v) is 8.54. The molecule has 7 atom stereocenters. The van der Waals surface area contributed by atoms with Gasteiger partial charge < -0.3 is 29.3 Å². The van der Waals surface area contributed by atoms with Gasteiger partial charge in [-0.25, -0.2) is 4.68 Å². The van der Waals surface area contributed by atoms with Crippen LogP contribution in [-0.2, 0) is 35.3 Å². The van der Waals surface area contributed by atoms with Crippen molar-refractivity contribution >= 4 is 34.7 Å². The summed E-state index contributed by atoms with van der Waals surface area (Å²) < 4.78 is 14.7. The second-order valence-electron chi connectivity index (χ2n) is 14.6. The van der Waals surface area contributed by atoms with Gasteiger partial charge in [0.2, 0.25) is 17.7 Å². The van der Waals surface area contributed by atoms with E-state index in [9.17, 15) is 24.3 Å². The van der Waals surface area contributed by atoms with Gasteiger partial charge in [0, 0.05) is 33.2 Å². The molecule has 3 aromatic rings. The molecule has 4 heterocycles. The van der Waals surface area contributed by atoms with Gasteiger partial charge in [-0.15, -0.1) is 18.3 Å². The smallest absolute Gasteiger partial charge is 0.313 e. The van der Waals surface area contributed by atoms with Crippen molar-refractivity contribution in [3.05, 3.63) is 85.5 Å². The van der Waals surface area contributed by atoms with Gasteiger partial charge in [0.25, 0.3) is 0 Å².